The third-order valence-electron chi connectivity index (χ3n) is 2.95. The molecule has 0 bridgehead atoms. The summed E-state index contributed by atoms with van der Waals surface area (Å²) in [6.45, 7) is 7.15. The fraction of sp³-hybridized carbons (Fsp3) is 0.909. The van der Waals surface area contributed by atoms with Crippen molar-refractivity contribution in [2.45, 2.75) is 44.8 Å². The van der Waals surface area contributed by atoms with Gasteiger partial charge in [0.05, 0.1) is 11.7 Å². The van der Waals surface area contributed by atoms with Crippen LogP contribution in [-0.2, 0) is 4.74 Å². The molecule has 1 saturated heterocycles. The third kappa shape index (κ3) is 3.09. The molecule has 0 aliphatic carbocycles. The molecular weight excluding hydrogens is 190 g/mol. The van der Waals surface area contributed by atoms with Crippen LogP contribution < -0.4 is 10.6 Å². The molecule has 86 valence electrons. The van der Waals surface area contributed by atoms with E-state index in [0.29, 0.717) is 6.10 Å². The maximum absolute atomic E-state index is 5.89. The van der Waals surface area contributed by atoms with Gasteiger partial charge in [0.2, 0.25) is 0 Å². The highest BCUT2D eigenvalue weighted by molar-refractivity contribution is 5.80. The van der Waals surface area contributed by atoms with E-state index in [1.807, 2.05) is 0 Å². The van der Waals surface area contributed by atoms with Crippen LogP contribution in [0.3, 0.4) is 0 Å². The Bertz CT molecular complexity index is 250. The van der Waals surface area contributed by atoms with Crippen LogP contribution in [0.4, 0.5) is 0 Å². The Labute approximate surface area is 91.5 Å². The van der Waals surface area contributed by atoms with Gasteiger partial charge in [-0.25, -0.2) is 0 Å². The largest absolute Gasteiger partial charge is 0.371 e. The number of nitrogens with zero attached hydrogens (tertiary/aromatic N) is 1. The van der Waals surface area contributed by atoms with E-state index < -0.39 is 0 Å². The van der Waals surface area contributed by atoms with Gasteiger partial charge in [0.1, 0.15) is 0 Å². The predicted molar refractivity (Wildman–Crippen MR) is 61.1 cm³/mol. The standard InChI is InChI=1S/C11H21N3O/c1-11(2)5-4-9(15-11)8-14-10-12-6-3-7-13-10/h9H,3-8H2,1-2H3,(H2,12,13,14). The molecule has 1 unspecified atom stereocenters. The zero-order chi connectivity index (χ0) is 10.7. The summed E-state index contributed by atoms with van der Waals surface area (Å²) in [6.07, 6.45) is 3.77. The second-order valence-corrected chi connectivity index (χ2v) is 4.93. The Kier molecular flexibility index (Phi) is 3.14. The smallest absolute Gasteiger partial charge is 0.191 e. The van der Waals surface area contributed by atoms with Crippen molar-refractivity contribution >= 4 is 5.96 Å². The van der Waals surface area contributed by atoms with Crippen LogP contribution in [0.2, 0.25) is 0 Å². The Morgan fingerprint density at radius 2 is 2.47 bits per heavy atom. The fourth-order valence-electron chi connectivity index (χ4n) is 2.08. The molecule has 0 aromatic carbocycles. The molecule has 0 aromatic rings. The van der Waals surface area contributed by atoms with Crippen molar-refractivity contribution in [2.75, 3.05) is 19.6 Å². The number of hydrogen-bond donors (Lipinski definition) is 2. The van der Waals surface area contributed by atoms with Crippen LogP contribution in [-0.4, -0.2) is 37.3 Å². The number of hydrogen-bond acceptors (Lipinski definition) is 4. The monoisotopic (exact) mass is 211 g/mol. The molecule has 2 heterocycles. The number of rotatable bonds is 2. The van der Waals surface area contributed by atoms with E-state index in [4.69, 9.17) is 4.74 Å². The second kappa shape index (κ2) is 4.39. The Balaban J connectivity index is 1.72. The lowest BCUT2D eigenvalue weighted by Gasteiger charge is -2.21. The van der Waals surface area contributed by atoms with Crippen LogP contribution >= 0.6 is 0 Å². The summed E-state index contributed by atoms with van der Waals surface area (Å²) < 4.78 is 5.89. The molecule has 0 aromatic heterocycles. The van der Waals surface area contributed by atoms with Crippen LogP contribution in [0.15, 0.2) is 4.99 Å². The van der Waals surface area contributed by atoms with Gasteiger partial charge in [-0.2, -0.15) is 0 Å². The van der Waals surface area contributed by atoms with Gasteiger partial charge >= 0.3 is 0 Å². The van der Waals surface area contributed by atoms with Crippen molar-refractivity contribution in [3.8, 4) is 0 Å². The van der Waals surface area contributed by atoms with E-state index in [9.17, 15) is 0 Å². The van der Waals surface area contributed by atoms with E-state index in [-0.39, 0.29) is 5.60 Å². The third-order valence-corrected chi connectivity index (χ3v) is 2.95. The number of ether oxygens (including phenoxy) is 1. The quantitative estimate of drug-likeness (QED) is 0.713. The van der Waals surface area contributed by atoms with Crippen LogP contribution in [0.25, 0.3) is 0 Å². The van der Waals surface area contributed by atoms with Crippen molar-refractivity contribution in [3.05, 3.63) is 0 Å². The summed E-state index contributed by atoms with van der Waals surface area (Å²) in [5, 5.41) is 6.56. The van der Waals surface area contributed by atoms with Gasteiger partial charge in [0.25, 0.3) is 0 Å². The zero-order valence-electron chi connectivity index (χ0n) is 9.68. The highest BCUT2D eigenvalue weighted by atomic mass is 16.5. The van der Waals surface area contributed by atoms with Crippen molar-refractivity contribution in [1.82, 2.24) is 10.6 Å². The molecular formula is C11H21N3O. The molecule has 2 rings (SSSR count). The predicted octanol–water partition coefficient (Wildman–Crippen LogP) is 0.883. The molecule has 2 N–H and O–H groups in total. The lowest BCUT2D eigenvalue weighted by molar-refractivity contribution is -0.0126. The maximum Gasteiger partial charge on any atom is 0.191 e. The van der Waals surface area contributed by atoms with E-state index in [1.54, 1.807) is 0 Å². The molecule has 1 atom stereocenters. The molecule has 0 spiro atoms. The number of nitrogens with one attached hydrogen (secondary N) is 2. The fourth-order valence-corrected chi connectivity index (χ4v) is 2.08. The lowest BCUT2D eigenvalue weighted by atomic mass is 10.1. The summed E-state index contributed by atoms with van der Waals surface area (Å²) in [7, 11) is 0. The first kappa shape index (κ1) is 10.7. The first-order valence-corrected chi connectivity index (χ1v) is 5.86. The molecule has 1 fully saturated rings. The highest BCUT2D eigenvalue weighted by Crippen LogP contribution is 2.28. The molecule has 0 amide bonds. The van der Waals surface area contributed by atoms with Crippen molar-refractivity contribution in [3.63, 3.8) is 0 Å². The molecule has 2 aliphatic rings. The van der Waals surface area contributed by atoms with Crippen molar-refractivity contribution in [2.24, 2.45) is 4.99 Å². The van der Waals surface area contributed by atoms with Crippen molar-refractivity contribution in [1.29, 1.82) is 0 Å². The summed E-state index contributed by atoms with van der Waals surface area (Å²) >= 11 is 0. The topological polar surface area (TPSA) is 45.7 Å². The summed E-state index contributed by atoms with van der Waals surface area (Å²) in [5.74, 6) is 0.939. The lowest BCUT2D eigenvalue weighted by Crippen LogP contribution is -2.43. The summed E-state index contributed by atoms with van der Waals surface area (Å²) in [5.41, 5.74) is 0.0636. The average molecular weight is 211 g/mol. The van der Waals surface area contributed by atoms with Gasteiger partial charge in [-0.05, 0) is 33.1 Å². The van der Waals surface area contributed by atoms with E-state index >= 15 is 0 Å². The van der Waals surface area contributed by atoms with Crippen LogP contribution in [0.5, 0.6) is 0 Å². The first-order chi connectivity index (χ1) is 7.16. The number of guanidine groups is 1. The number of aliphatic imine (C=N–C) groups is 1. The Hall–Kier alpha value is -0.770. The molecule has 0 radical (unpaired) electrons. The first-order valence-electron chi connectivity index (χ1n) is 5.86. The van der Waals surface area contributed by atoms with Gasteiger partial charge in [-0.1, -0.05) is 0 Å². The summed E-state index contributed by atoms with van der Waals surface area (Å²) in [4.78, 5) is 4.37. The van der Waals surface area contributed by atoms with E-state index in [1.165, 1.54) is 0 Å². The molecule has 4 heteroatoms. The summed E-state index contributed by atoms with van der Waals surface area (Å²) in [6, 6.07) is 0. The van der Waals surface area contributed by atoms with Crippen molar-refractivity contribution < 1.29 is 4.74 Å². The van der Waals surface area contributed by atoms with Gasteiger partial charge in [0, 0.05) is 19.6 Å². The normalized spacial score (nSPS) is 29.5. The van der Waals surface area contributed by atoms with Gasteiger partial charge in [-0.15, -0.1) is 0 Å². The van der Waals surface area contributed by atoms with Crippen LogP contribution in [0, 0.1) is 0 Å². The van der Waals surface area contributed by atoms with Gasteiger partial charge < -0.3 is 15.4 Å². The minimum Gasteiger partial charge on any atom is -0.371 e. The van der Waals surface area contributed by atoms with Gasteiger partial charge in [0.15, 0.2) is 5.96 Å². The van der Waals surface area contributed by atoms with Gasteiger partial charge in [-0.3, -0.25) is 4.99 Å². The molecule has 2 aliphatic heterocycles. The Morgan fingerprint density at radius 1 is 1.60 bits per heavy atom. The highest BCUT2D eigenvalue weighted by Gasteiger charge is 2.31. The average Bonchev–Trinajstić information content (AvgIpc) is 2.57. The molecule has 4 nitrogen and oxygen atoms in total. The van der Waals surface area contributed by atoms with E-state index in [0.717, 1.165) is 44.9 Å². The Morgan fingerprint density at radius 3 is 3.07 bits per heavy atom. The van der Waals surface area contributed by atoms with Crippen LogP contribution in [0.1, 0.15) is 33.1 Å². The zero-order valence-corrected chi connectivity index (χ0v) is 9.68. The molecule has 15 heavy (non-hydrogen) atoms. The molecule has 0 saturated carbocycles. The maximum atomic E-state index is 5.89. The van der Waals surface area contributed by atoms with E-state index in [2.05, 4.69) is 29.5 Å². The SMILES string of the molecule is CC1(C)CCC(CNC2=NCCCN2)O1. The minimum absolute atomic E-state index is 0.0636. The second-order valence-electron chi connectivity index (χ2n) is 4.93. The minimum atomic E-state index is 0.0636.